The van der Waals surface area contributed by atoms with Gasteiger partial charge in [-0.15, -0.1) is 11.8 Å². The fraction of sp³-hybridized carbons (Fsp3) is 0.0500. The number of nitrogen functional groups attached to an aromatic ring is 1. The molecule has 0 aromatic heterocycles. The number of anilines is 2. The highest BCUT2D eigenvalue weighted by molar-refractivity contribution is 8.00. The number of nitrogens with one attached hydrogen (secondary N) is 1. The van der Waals surface area contributed by atoms with E-state index in [9.17, 15) is 22.4 Å². The number of hydrogen-bond acceptors (Lipinski definition) is 3. The lowest BCUT2D eigenvalue weighted by atomic mass is 10.1. The van der Waals surface area contributed by atoms with Gasteiger partial charge in [-0.25, -0.2) is 17.6 Å². The van der Waals surface area contributed by atoms with Gasteiger partial charge in [0.2, 0.25) is 5.91 Å². The maximum absolute atomic E-state index is 13.9. The number of hydrogen-bond donors (Lipinski definition) is 2. The highest BCUT2D eigenvalue weighted by Gasteiger charge is 2.26. The van der Waals surface area contributed by atoms with E-state index in [1.165, 1.54) is 0 Å². The normalized spacial score (nSPS) is 11.9. The second kappa shape index (κ2) is 8.35. The third-order valence-corrected chi connectivity index (χ3v) is 5.10. The maximum Gasteiger partial charge on any atom is 0.242 e. The number of carbonyl (C=O) groups is 1. The van der Waals surface area contributed by atoms with Crippen molar-refractivity contribution in [1.29, 1.82) is 0 Å². The Kier molecular flexibility index (Phi) is 5.89. The van der Waals surface area contributed by atoms with Crippen LogP contribution in [0.1, 0.15) is 10.8 Å². The summed E-state index contributed by atoms with van der Waals surface area (Å²) in [7, 11) is 0. The first-order valence-corrected chi connectivity index (χ1v) is 8.95. The van der Waals surface area contributed by atoms with Crippen LogP contribution >= 0.6 is 11.8 Å². The lowest BCUT2D eigenvalue weighted by Crippen LogP contribution is -2.21. The first-order valence-electron chi connectivity index (χ1n) is 8.08. The van der Waals surface area contributed by atoms with E-state index in [4.69, 9.17) is 5.73 Å². The van der Waals surface area contributed by atoms with Crippen molar-refractivity contribution >= 4 is 29.0 Å². The van der Waals surface area contributed by atoms with Gasteiger partial charge in [-0.2, -0.15) is 0 Å². The predicted octanol–water partition coefficient (Wildman–Crippen LogP) is 5.30. The van der Waals surface area contributed by atoms with Crippen molar-refractivity contribution in [1.82, 2.24) is 0 Å². The zero-order valence-electron chi connectivity index (χ0n) is 14.3. The number of carbonyl (C=O) groups excluding carboxylic acids is 1. The van der Waals surface area contributed by atoms with Gasteiger partial charge in [0.15, 0.2) is 23.3 Å². The molecule has 0 aliphatic carbocycles. The molecule has 0 fully saturated rings. The average molecular weight is 406 g/mol. The van der Waals surface area contributed by atoms with Gasteiger partial charge >= 0.3 is 0 Å². The molecule has 0 spiro atoms. The van der Waals surface area contributed by atoms with E-state index in [2.05, 4.69) is 0 Å². The Labute approximate surface area is 162 Å². The maximum atomic E-state index is 13.9. The Morgan fingerprint density at radius 3 is 2.04 bits per heavy atom. The summed E-state index contributed by atoms with van der Waals surface area (Å²) < 4.78 is 54.7. The molecule has 3 aromatic rings. The largest absolute Gasteiger partial charge is 0.399 e. The van der Waals surface area contributed by atoms with Crippen LogP contribution in [0.25, 0.3) is 0 Å². The summed E-state index contributed by atoms with van der Waals surface area (Å²) >= 11 is 1.10. The fourth-order valence-electron chi connectivity index (χ4n) is 2.45. The third-order valence-electron chi connectivity index (χ3n) is 3.83. The van der Waals surface area contributed by atoms with Gasteiger partial charge in [0.05, 0.1) is 0 Å². The van der Waals surface area contributed by atoms with Crippen molar-refractivity contribution in [2.75, 3.05) is 11.1 Å². The second-order valence-corrected chi connectivity index (χ2v) is 6.99. The molecule has 1 unspecified atom stereocenters. The third kappa shape index (κ3) is 4.28. The van der Waals surface area contributed by atoms with Crippen LogP contribution in [0.5, 0.6) is 0 Å². The van der Waals surface area contributed by atoms with Gasteiger partial charge in [-0.3, -0.25) is 4.79 Å². The van der Waals surface area contributed by atoms with E-state index < -0.39 is 40.1 Å². The van der Waals surface area contributed by atoms with Crippen LogP contribution in [0.3, 0.4) is 0 Å². The summed E-state index contributed by atoms with van der Waals surface area (Å²) in [4.78, 5) is 13.4. The number of amides is 1. The Bertz CT molecular complexity index is 971. The Morgan fingerprint density at radius 2 is 1.46 bits per heavy atom. The second-order valence-electron chi connectivity index (χ2n) is 5.81. The quantitative estimate of drug-likeness (QED) is 0.262. The molecule has 0 bridgehead atoms. The van der Waals surface area contributed by atoms with E-state index in [0.717, 1.165) is 11.8 Å². The first-order chi connectivity index (χ1) is 13.4. The molecule has 0 saturated heterocycles. The smallest absolute Gasteiger partial charge is 0.242 e. The summed E-state index contributed by atoms with van der Waals surface area (Å²) in [6.07, 6.45) is 0. The van der Waals surface area contributed by atoms with Crippen molar-refractivity contribution in [3.05, 3.63) is 89.5 Å². The number of benzene rings is 3. The molecule has 3 N–H and O–H groups in total. The van der Waals surface area contributed by atoms with Gasteiger partial charge in [-0.1, -0.05) is 30.3 Å². The minimum Gasteiger partial charge on any atom is -0.399 e. The monoisotopic (exact) mass is 406 g/mol. The van der Waals surface area contributed by atoms with Gasteiger partial charge in [-0.05, 0) is 29.8 Å². The summed E-state index contributed by atoms with van der Waals surface area (Å²) in [5, 5.41) is 1.04. The summed E-state index contributed by atoms with van der Waals surface area (Å²) in [6.45, 7) is 0. The predicted molar refractivity (Wildman–Crippen MR) is 101 cm³/mol. The summed E-state index contributed by atoms with van der Waals surface area (Å²) in [5.74, 6) is -7.38. The number of nitrogens with two attached hydrogens (primary N) is 1. The zero-order valence-corrected chi connectivity index (χ0v) is 15.1. The SMILES string of the molecule is Nc1ccc(SC(C(=O)Nc2c(F)c(F)cc(F)c2F)c2ccccc2)cc1. The van der Waals surface area contributed by atoms with Crippen molar-refractivity contribution in [3.63, 3.8) is 0 Å². The van der Waals surface area contributed by atoms with Crippen LogP contribution in [0.2, 0.25) is 0 Å². The van der Waals surface area contributed by atoms with Crippen LogP contribution in [0.4, 0.5) is 28.9 Å². The molecule has 3 aromatic carbocycles. The van der Waals surface area contributed by atoms with E-state index in [-0.39, 0.29) is 6.07 Å². The van der Waals surface area contributed by atoms with Gasteiger partial charge < -0.3 is 11.1 Å². The number of thioether (sulfide) groups is 1. The van der Waals surface area contributed by atoms with Gasteiger partial charge in [0, 0.05) is 16.6 Å². The first kappa shape index (κ1) is 19.8. The molecule has 1 amide bonds. The molecule has 0 radical (unpaired) electrons. The molecule has 8 heteroatoms. The topological polar surface area (TPSA) is 55.1 Å². The van der Waals surface area contributed by atoms with Crippen molar-refractivity contribution in [3.8, 4) is 0 Å². The molecule has 3 nitrogen and oxygen atoms in total. The molecule has 0 aliphatic rings. The Hall–Kier alpha value is -3.00. The zero-order chi connectivity index (χ0) is 20.3. The van der Waals surface area contributed by atoms with Crippen LogP contribution in [0.15, 0.2) is 65.6 Å². The fourth-order valence-corrected chi connectivity index (χ4v) is 3.48. The highest BCUT2D eigenvalue weighted by Crippen LogP contribution is 2.37. The molecule has 144 valence electrons. The van der Waals surface area contributed by atoms with Crippen molar-refractivity contribution in [2.45, 2.75) is 10.1 Å². The highest BCUT2D eigenvalue weighted by atomic mass is 32.2. The van der Waals surface area contributed by atoms with E-state index in [0.29, 0.717) is 16.1 Å². The standard InChI is InChI=1S/C20H14F4N2OS/c21-14-10-15(22)17(24)18(16(14)23)26-20(27)19(11-4-2-1-3-5-11)28-13-8-6-12(25)7-9-13/h1-10,19H,25H2,(H,26,27). The lowest BCUT2D eigenvalue weighted by Gasteiger charge is -2.18. The summed E-state index contributed by atoms with van der Waals surface area (Å²) in [6, 6.07) is 15.2. The van der Waals surface area contributed by atoms with Crippen molar-refractivity contribution in [2.24, 2.45) is 0 Å². The molecular formula is C20H14F4N2OS. The van der Waals surface area contributed by atoms with Crippen LogP contribution in [0, 0.1) is 23.3 Å². The Balaban J connectivity index is 1.95. The molecule has 0 heterocycles. The van der Waals surface area contributed by atoms with Crippen molar-refractivity contribution < 1.29 is 22.4 Å². The van der Waals surface area contributed by atoms with E-state index >= 15 is 0 Å². The molecule has 0 aliphatic heterocycles. The molecule has 1 atom stereocenters. The number of rotatable bonds is 5. The van der Waals surface area contributed by atoms with E-state index in [1.807, 2.05) is 5.32 Å². The number of halogens is 4. The average Bonchev–Trinajstić information content (AvgIpc) is 2.69. The molecule has 3 rings (SSSR count). The molecular weight excluding hydrogens is 392 g/mol. The molecule has 0 saturated carbocycles. The summed E-state index contributed by atoms with van der Waals surface area (Å²) in [5.41, 5.74) is 5.56. The van der Waals surface area contributed by atoms with Crippen LogP contribution in [-0.4, -0.2) is 5.91 Å². The Morgan fingerprint density at radius 1 is 0.893 bits per heavy atom. The van der Waals surface area contributed by atoms with Crippen LogP contribution in [-0.2, 0) is 4.79 Å². The molecule has 28 heavy (non-hydrogen) atoms. The van der Waals surface area contributed by atoms with Gasteiger partial charge in [0.1, 0.15) is 10.9 Å². The van der Waals surface area contributed by atoms with Gasteiger partial charge in [0.25, 0.3) is 0 Å². The minimum atomic E-state index is -1.67. The van der Waals surface area contributed by atoms with E-state index in [1.54, 1.807) is 54.6 Å². The minimum absolute atomic E-state index is 0.0815. The van der Waals surface area contributed by atoms with Crippen LogP contribution < -0.4 is 11.1 Å². The lowest BCUT2D eigenvalue weighted by molar-refractivity contribution is -0.115.